The Hall–Kier alpha value is -2.62. The minimum atomic E-state index is -0.970. The quantitative estimate of drug-likeness (QED) is 0.853. The normalized spacial score (nSPS) is 11.1. The number of nitrogens with zero attached hydrogens (tertiary/aromatic N) is 1. The summed E-state index contributed by atoms with van der Waals surface area (Å²) in [6.45, 7) is 0. The summed E-state index contributed by atoms with van der Waals surface area (Å²) in [7, 11) is 1.57. The third kappa shape index (κ3) is 3.19. The summed E-state index contributed by atoms with van der Waals surface area (Å²) in [4.78, 5) is 15.2. The van der Waals surface area contributed by atoms with Crippen LogP contribution in [0.2, 0.25) is 0 Å². The van der Waals surface area contributed by atoms with E-state index in [1.807, 2.05) is 0 Å². The third-order valence-corrected chi connectivity index (χ3v) is 2.65. The molecule has 2 rings (SSSR count). The van der Waals surface area contributed by atoms with Crippen molar-refractivity contribution >= 4 is 17.6 Å². The predicted molar refractivity (Wildman–Crippen MR) is 72.7 cm³/mol. The zero-order chi connectivity index (χ0) is 13.7. The Morgan fingerprint density at radius 1 is 1.16 bits per heavy atom. The van der Waals surface area contributed by atoms with E-state index in [-0.39, 0.29) is 5.57 Å². The standard InChI is InChI=1S/C15H13NO3/c1-19-13-4-2-12(3-5-13)14(15(17)18)10-11-6-8-16-9-7-11/h2-10H,1H3,(H,17,18). The van der Waals surface area contributed by atoms with Crippen molar-refractivity contribution in [3.63, 3.8) is 0 Å². The lowest BCUT2D eigenvalue weighted by Gasteiger charge is -2.05. The summed E-state index contributed by atoms with van der Waals surface area (Å²) < 4.78 is 5.05. The van der Waals surface area contributed by atoms with Crippen LogP contribution in [0.1, 0.15) is 11.1 Å². The summed E-state index contributed by atoms with van der Waals surface area (Å²) in [5.74, 6) is -0.278. The van der Waals surface area contributed by atoms with Gasteiger partial charge in [-0.15, -0.1) is 0 Å². The van der Waals surface area contributed by atoms with Crippen LogP contribution in [0, 0.1) is 0 Å². The average Bonchev–Trinajstić information content (AvgIpc) is 2.46. The molecule has 0 atom stereocenters. The maximum absolute atomic E-state index is 11.3. The average molecular weight is 255 g/mol. The molecular weight excluding hydrogens is 242 g/mol. The number of aliphatic carboxylic acids is 1. The number of methoxy groups -OCH3 is 1. The van der Waals surface area contributed by atoms with Crippen molar-refractivity contribution in [1.82, 2.24) is 4.98 Å². The van der Waals surface area contributed by atoms with Crippen LogP contribution in [0.15, 0.2) is 48.8 Å². The topological polar surface area (TPSA) is 59.4 Å². The van der Waals surface area contributed by atoms with Crippen molar-refractivity contribution in [2.45, 2.75) is 0 Å². The summed E-state index contributed by atoms with van der Waals surface area (Å²) in [5, 5.41) is 9.30. The van der Waals surface area contributed by atoms with E-state index in [9.17, 15) is 9.90 Å². The Labute approximate surface area is 111 Å². The second-order valence-corrected chi connectivity index (χ2v) is 3.87. The number of carboxylic acid groups (broad SMARTS) is 1. The van der Waals surface area contributed by atoms with E-state index >= 15 is 0 Å². The predicted octanol–water partition coefficient (Wildman–Crippen LogP) is 2.72. The first-order valence-corrected chi connectivity index (χ1v) is 5.70. The van der Waals surface area contributed by atoms with Crippen molar-refractivity contribution in [3.05, 3.63) is 59.9 Å². The summed E-state index contributed by atoms with van der Waals surface area (Å²) in [5.41, 5.74) is 1.65. The largest absolute Gasteiger partial charge is 0.497 e. The highest BCUT2D eigenvalue weighted by Gasteiger charge is 2.10. The second kappa shape index (κ2) is 5.82. The number of hydrogen-bond acceptors (Lipinski definition) is 3. The fourth-order valence-electron chi connectivity index (χ4n) is 1.67. The molecule has 0 saturated carbocycles. The molecule has 2 aromatic rings. The fraction of sp³-hybridized carbons (Fsp3) is 0.0667. The highest BCUT2D eigenvalue weighted by Crippen LogP contribution is 2.21. The number of aromatic nitrogens is 1. The van der Waals surface area contributed by atoms with Gasteiger partial charge in [-0.05, 0) is 41.5 Å². The minimum absolute atomic E-state index is 0.230. The maximum Gasteiger partial charge on any atom is 0.336 e. The lowest BCUT2D eigenvalue weighted by molar-refractivity contribution is -0.130. The van der Waals surface area contributed by atoms with Gasteiger partial charge in [0.05, 0.1) is 12.7 Å². The molecule has 1 aromatic carbocycles. The molecule has 0 fully saturated rings. The SMILES string of the molecule is COc1ccc(C(=Cc2ccncc2)C(=O)O)cc1. The number of hydrogen-bond donors (Lipinski definition) is 1. The van der Waals surface area contributed by atoms with Crippen molar-refractivity contribution < 1.29 is 14.6 Å². The molecule has 4 heteroatoms. The Balaban J connectivity index is 2.40. The van der Waals surface area contributed by atoms with Gasteiger partial charge in [0.1, 0.15) is 5.75 Å². The number of carbonyl (C=O) groups is 1. The lowest BCUT2D eigenvalue weighted by atomic mass is 10.0. The van der Waals surface area contributed by atoms with Gasteiger partial charge >= 0.3 is 5.97 Å². The van der Waals surface area contributed by atoms with Crippen molar-refractivity contribution in [3.8, 4) is 5.75 Å². The maximum atomic E-state index is 11.3. The monoisotopic (exact) mass is 255 g/mol. The second-order valence-electron chi connectivity index (χ2n) is 3.87. The van der Waals surface area contributed by atoms with E-state index in [0.717, 1.165) is 5.56 Å². The van der Waals surface area contributed by atoms with E-state index < -0.39 is 5.97 Å². The van der Waals surface area contributed by atoms with E-state index in [4.69, 9.17) is 4.74 Å². The first-order valence-electron chi connectivity index (χ1n) is 5.70. The zero-order valence-corrected chi connectivity index (χ0v) is 10.4. The highest BCUT2D eigenvalue weighted by atomic mass is 16.5. The van der Waals surface area contributed by atoms with Crippen LogP contribution in [0.4, 0.5) is 0 Å². The summed E-state index contributed by atoms with van der Waals surface area (Å²) in [6, 6.07) is 10.4. The first kappa shape index (κ1) is 12.8. The smallest absolute Gasteiger partial charge is 0.336 e. The minimum Gasteiger partial charge on any atom is -0.497 e. The van der Waals surface area contributed by atoms with Gasteiger partial charge in [0.25, 0.3) is 0 Å². The molecule has 0 aliphatic carbocycles. The van der Waals surface area contributed by atoms with Crippen molar-refractivity contribution in [2.75, 3.05) is 7.11 Å². The van der Waals surface area contributed by atoms with Crippen LogP contribution in [-0.4, -0.2) is 23.2 Å². The number of benzene rings is 1. The summed E-state index contributed by atoms with van der Waals surface area (Å²) >= 11 is 0. The van der Waals surface area contributed by atoms with Gasteiger partial charge < -0.3 is 9.84 Å². The van der Waals surface area contributed by atoms with Gasteiger partial charge in [0, 0.05) is 12.4 Å². The molecule has 0 amide bonds. The van der Waals surface area contributed by atoms with Gasteiger partial charge in [-0.2, -0.15) is 0 Å². The van der Waals surface area contributed by atoms with Crippen LogP contribution in [-0.2, 0) is 4.79 Å². The molecule has 0 bridgehead atoms. The number of ether oxygens (including phenoxy) is 1. The molecule has 0 aliphatic rings. The molecule has 19 heavy (non-hydrogen) atoms. The zero-order valence-electron chi connectivity index (χ0n) is 10.4. The number of carboxylic acids is 1. The van der Waals surface area contributed by atoms with Crippen molar-refractivity contribution in [1.29, 1.82) is 0 Å². The first-order chi connectivity index (χ1) is 9.20. The Kier molecular flexibility index (Phi) is 3.93. The van der Waals surface area contributed by atoms with Crippen LogP contribution in [0.5, 0.6) is 5.75 Å². The number of pyridine rings is 1. The van der Waals surface area contributed by atoms with Gasteiger partial charge in [0.2, 0.25) is 0 Å². The van der Waals surface area contributed by atoms with Crippen molar-refractivity contribution in [2.24, 2.45) is 0 Å². The molecule has 1 N–H and O–H groups in total. The molecular formula is C15H13NO3. The molecule has 4 nitrogen and oxygen atoms in total. The summed E-state index contributed by atoms with van der Waals surface area (Å²) in [6.07, 6.45) is 4.87. The molecule has 1 heterocycles. The fourth-order valence-corrected chi connectivity index (χ4v) is 1.67. The van der Waals surface area contributed by atoms with Gasteiger partial charge in [-0.25, -0.2) is 4.79 Å². The Morgan fingerprint density at radius 3 is 2.32 bits per heavy atom. The molecule has 96 valence electrons. The Morgan fingerprint density at radius 2 is 1.79 bits per heavy atom. The molecule has 0 unspecified atom stereocenters. The highest BCUT2D eigenvalue weighted by molar-refractivity contribution is 6.20. The van der Waals surface area contributed by atoms with E-state index in [1.54, 1.807) is 62.0 Å². The van der Waals surface area contributed by atoms with Gasteiger partial charge in [0.15, 0.2) is 0 Å². The molecule has 0 saturated heterocycles. The lowest BCUT2D eigenvalue weighted by Crippen LogP contribution is -1.99. The van der Waals surface area contributed by atoms with Crippen LogP contribution < -0.4 is 4.74 Å². The van der Waals surface area contributed by atoms with Gasteiger partial charge in [-0.3, -0.25) is 4.98 Å². The molecule has 0 radical (unpaired) electrons. The van der Waals surface area contributed by atoms with E-state index in [2.05, 4.69) is 4.98 Å². The molecule has 0 spiro atoms. The number of rotatable bonds is 4. The molecule has 1 aromatic heterocycles. The van der Waals surface area contributed by atoms with Crippen LogP contribution in [0.25, 0.3) is 11.6 Å². The Bertz CT molecular complexity index is 589. The van der Waals surface area contributed by atoms with E-state index in [1.165, 1.54) is 0 Å². The van der Waals surface area contributed by atoms with Crippen LogP contribution >= 0.6 is 0 Å². The van der Waals surface area contributed by atoms with Crippen LogP contribution in [0.3, 0.4) is 0 Å². The van der Waals surface area contributed by atoms with E-state index in [0.29, 0.717) is 11.3 Å². The molecule has 0 aliphatic heterocycles. The van der Waals surface area contributed by atoms with Gasteiger partial charge in [-0.1, -0.05) is 12.1 Å². The third-order valence-electron chi connectivity index (χ3n) is 2.65.